The predicted octanol–water partition coefficient (Wildman–Crippen LogP) is 7.75. The standard InChI is InChI=1S/C24H38O2/c1-8-22(14-15-23(26)9-2)13-11-20(4)18-24(6,7)17-16-19(3)10-12-21(5)25/h8-10,12,14-15,20,25-26H,1-2,11,13,16-18H2,3-7H3/b19-10+,21-12+,22-14+,23-15+. The van der Waals surface area contributed by atoms with Crippen molar-refractivity contribution in [3.8, 4) is 0 Å². The predicted molar refractivity (Wildman–Crippen MR) is 115 cm³/mol. The zero-order chi connectivity index (χ0) is 20.2. The molecule has 0 rings (SSSR count). The first-order valence-electron chi connectivity index (χ1n) is 9.47. The fourth-order valence-electron chi connectivity index (χ4n) is 2.96. The topological polar surface area (TPSA) is 40.5 Å². The van der Waals surface area contributed by atoms with Gasteiger partial charge in [0.05, 0.1) is 5.76 Å². The summed E-state index contributed by atoms with van der Waals surface area (Å²) >= 11 is 0. The van der Waals surface area contributed by atoms with Crippen LogP contribution in [0.1, 0.15) is 66.7 Å². The normalized spacial score (nSPS) is 15.7. The third-order valence-corrected chi connectivity index (χ3v) is 4.57. The van der Waals surface area contributed by atoms with Gasteiger partial charge in [-0.15, -0.1) is 0 Å². The molecule has 0 radical (unpaired) electrons. The largest absolute Gasteiger partial charge is 0.513 e. The molecule has 2 nitrogen and oxygen atoms in total. The highest BCUT2D eigenvalue weighted by molar-refractivity contribution is 5.25. The van der Waals surface area contributed by atoms with Gasteiger partial charge in [-0.2, -0.15) is 0 Å². The van der Waals surface area contributed by atoms with Gasteiger partial charge < -0.3 is 10.2 Å². The number of hydrogen-bond donors (Lipinski definition) is 2. The van der Waals surface area contributed by atoms with Crippen LogP contribution in [-0.2, 0) is 0 Å². The minimum Gasteiger partial charge on any atom is -0.513 e. The molecule has 26 heavy (non-hydrogen) atoms. The van der Waals surface area contributed by atoms with Crippen molar-refractivity contribution in [1.29, 1.82) is 0 Å². The van der Waals surface area contributed by atoms with Crippen molar-refractivity contribution in [2.75, 3.05) is 0 Å². The lowest BCUT2D eigenvalue weighted by Crippen LogP contribution is -2.16. The van der Waals surface area contributed by atoms with Crippen LogP contribution in [0.25, 0.3) is 0 Å². The van der Waals surface area contributed by atoms with Gasteiger partial charge in [0.1, 0.15) is 5.76 Å². The van der Waals surface area contributed by atoms with E-state index < -0.39 is 0 Å². The van der Waals surface area contributed by atoms with Crippen molar-refractivity contribution in [3.05, 3.63) is 72.3 Å². The van der Waals surface area contributed by atoms with E-state index in [0.717, 1.165) is 31.3 Å². The Morgan fingerprint density at radius 1 is 0.962 bits per heavy atom. The number of hydrogen-bond acceptors (Lipinski definition) is 2. The zero-order valence-corrected chi connectivity index (χ0v) is 17.4. The summed E-state index contributed by atoms with van der Waals surface area (Å²) in [4.78, 5) is 0. The molecular formula is C24H38O2. The second-order valence-corrected chi connectivity index (χ2v) is 8.07. The van der Waals surface area contributed by atoms with Gasteiger partial charge in [0, 0.05) is 0 Å². The highest BCUT2D eigenvalue weighted by Gasteiger charge is 2.20. The summed E-state index contributed by atoms with van der Waals surface area (Å²) in [6.45, 7) is 18.2. The third kappa shape index (κ3) is 12.4. The van der Waals surface area contributed by atoms with Crippen molar-refractivity contribution >= 4 is 0 Å². The lowest BCUT2D eigenvalue weighted by atomic mass is 9.77. The van der Waals surface area contributed by atoms with E-state index in [0.29, 0.717) is 11.7 Å². The maximum absolute atomic E-state index is 9.45. The molecule has 0 bridgehead atoms. The van der Waals surface area contributed by atoms with E-state index in [1.54, 1.807) is 19.1 Å². The van der Waals surface area contributed by atoms with Crippen LogP contribution < -0.4 is 0 Å². The summed E-state index contributed by atoms with van der Waals surface area (Å²) in [6, 6.07) is 0. The van der Waals surface area contributed by atoms with Crippen LogP contribution in [0.3, 0.4) is 0 Å². The van der Waals surface area contributed by atoms with Gasteiger partial charge in [-0.05, 0) is 81.1 Å². The van der Waals surface area contributed by atoms with E-state index in [-0.39, 0.29) is 11.2 Å². The summed E-state index contributed by atoms with van der Waals surface area (Å²) in [7, 11) is 0. The molecule has 0 aromatic heterocycles. The van der Waals surface area contributed by atoms with Gasteiger partial charge in [0.25, 0.3) is 0 Å². The Balaban J connectivity index is 4.53. The Labute approximate surface area is 161 Å². The summed E-state index contributed by atoms with van der Waals surface area (Å²) in [5.41, 5.74) is 2.71. The van der Waals surface area contributed by atoms with Crippen LogP contribution >= 0.6 is 0 Å². The van der Waals surface area contributed by atoms with E-state index in [1.807, 2.05) is 18.2 Å². The number of allylic oxidation sites excluding steroid dienone is 9. The molecule has 146 valence electrons. The average molecular weight is 359 g/mol. The van der Waals surface area contributed by atoms with Crippen LogP contribution in [-0.4, -0.2) is 10.2 Å². The lowest BCUT2D eigenvalue weighted by Gasteiger charge is -2.28. The van der Waals surface area contributed by atoms with Gasteiger partial charge in [0.2, 0.25) is 0 Å². The molecule has 0 heterocycles. The highest BCUT2D eigenvalue weighted by atomic mass is 16.3. The minimum absolute atomic E-state index is 0.174. The van der Waals surface area contributed by atoms with E-state index in [9.17, 15) is 10.2 Å². The molecule has 0 amide bonds. The Morgan fingerprint density at radius 2 is 1.62 bits per heavy atom. The van der Waals surface area contributed by atoms with Gasteiger partial charge >= 0.3 is 0 Å². The molecule has 0 fully saturated rings. The number of aliphatic hydroxyl groups is 2. The van der Waals surface area contributed by atoms with Gasteiger partial charge in [0.15, 0.2) is 0 Å². The lowest BCUT2D eigenvalue weighted by molar-refractivity contribution is 0.250. The molecule has 1 atom stereocenters. The van der Waals surface area contributed by atoms with Crippen molar-refractivity contribution < 1.29 is 10.2 Å². The van der Waals surface area contributed by atoms with Gasteiger partial charge in [-0.3, -0.25) is 0 Å². The van der Waals surface area contributed by atoms with Crippen molar-refractivity contribution in [2.24, 2.45) is 11.3 Å². The summed E-state index contributed by atoms with van der Waals surface area (Å²) < 4.78 is 0. The van der Waals surface area contributed by atoms with Crippen molar-refractivity contribution in [2.45, 2.75) is 66.7 Å². The minimum atomic E-state index is 0.174. The SMILES string of the molecule is C=C/C(=C\C=C(\O)C=C)CCC(C)CC(C)(C)CC/C(C)=C/C=C(\C)O. The van der Waals surface area contributed by atoms with E-state index >= 15 is 0 Å². The Bertz CT molecular complexity index is 567. The van der Waals surface area contributed by atoms with Crippen LogP contribution in [0.2, 0.25) is 0 Å². The quantitative estimate of drug-likeness (QED) is 0.276. The fourth-order valence-corrected chi connectivity index (χ4v) is 2.96. The molecule has 0 saturated carbocycles. The molecule has 2 N–H and O–H groups in total. The van der Waals surface area contributed by atoms with Crippen LogP contribution in [0, 0.1) is 11.3 Å². The average Bonchev–Trinajstić information content (AvgIpc) is 2.57. The van der Waals surface area contributed by atoms with E-state index in [1.165, 1.54) is 18.1 Å². The molecular weight excluding hydrogens is 320 g/mol. The van der Waals surface area contributed by atoms with Crippen LogP contribution in [0.4, 0.5) is 0 Å². The Morgan fingerprint density at radius 3 is 2.15 bits per heavy atom. The Hall–Kier alpha value is -1.96. The molecule has 0 aliphatic heterocycles. The highest BCUT2D eigenvalue weighted by Crippen LogP contribution is 2.34. The first kappa shape index (κ1) is 24.0. The Kier molecular flexibility index (Phi) is 11.5. The van der Waals surface area contributed by atoms with Crippen LogP contribution in [0.15, 0.2) is 72.3 Å². The second kappa shape index (κ2) is 12.4. The summed E-state index contributed by atoms with van der Waals surface area (Å²) in [6.07, 6.45) is 16.0. The van der Waals surface area contributed by atoms with E-state index in [2.05, 4.69) is 40.9 Å². The maximum atomic E-state index is 9.45. The molecule has 0 aromatic rings. The molecule has 2 heteroatoms. The summed E-state index contributed by atoms with van der Waals surface area (Å²) in [5, 5.41) is 18.7. The van der Waals surface area contributed by atoms with Crippen LogP contribution in [0.5, 0.6) is 0 Å². The molecule has 0 aliphatic carbocycles. The fraction of sp³-hybridized carbons (Fsp3) is 0.500. The first-order chi connectivity index (χ1) is 12.1. The molecule has 0 aliphatic rings. The second-order valence-electron chi connectivity index (χ2n) is 8.07. The molecule has 0 aromatic carbocycles. The molecule has 0 spiro atoms. The first-order valence-corrected chi connectivity index (χ1v) is 9.47. The number of rotatable bonds is 12. The molecule has 0 saturated heterocycles. The van der Waals surface area contributed by atoms with Crippen molar-refractivity contribution in [1.82, 2.24) is 0 Å². The smallest absolute Gasteiger partial charge is 0.114 e. The van der Waals surface area contributed by atoms with Crippen molar-refractivity contribution in [3.63, 3.8) is 0 Å². The third-order valence-electron chi connectivity index (χ3n) is 4.57. The van der Waals surface area contributed by atoms with Gasteiger partial charge in [-0.25, -0.2) is 0 Å². The van der Waals surface area contributed by atoms with Gasteiger partial charge in [-0.1, -0.05) is 57.7 Å². The zero-order valence-electron chi connectivity index (χ0n) is 17.4. The maximum Gasteiger partial charge on any atom is 0.114 e. The van der Waals surface area contributed by atoms with E-state index in [4.69, 9.17) is 0 Å². The molecule has 1 unspecified atom stereocenters. The monoisotopic (exact) mass is 358 g/mol. The number of aliphatic hydroxyl groups excluding tert-OH is 2. The summed E-state index contributed by atoms with van der Waals surface area (Å²) in [5.74, 6) is 1.14.